The molecule has 24 heavy (non-hydrogen) atoms. The number of fused-ring (bicyclic) bond motifs is 1. The first kappa shape index (κ1) is 16.5. The van der Waals surface area contributed by atoms with Gasteiger partial charge in [0.05, 0.1) is 5.69 Å². The van der Waals surface area contributed by atoms with Gasteiger partial charge in [0.1, 0.15) is 11.4 Å². The van der Waals surface area contributed by atoms with E-state index in [4.69, 9.17) is 9.47 Å². The minimum atomic E-state index is -1.61. The van der Waals surface area contributed by atoms with E-state index in [-0.39, 0.29) is 6.79 Å². The number of hydrogen-bond donors (Lipinski definition) is 2. The molecular weight excluding hydrogens is 307 g/mol. The largest absolute Gasteiger partial charge is 0.492 e. The molecule has 0 aliphatic rings. The summed E-state index contributed by atoms with van der Waals surface area (Å²) in [5, 5.41) is 19.0. The third-order valence-corrected chi connectivity index (χ3v) is 3.81. The van der Waals surface area contributed by atoms with Crippen molar-refractivity contribution in [2.24, 2.45) is 0 Å². The Balaban J connectivity index is 2.08. The Hall–Kier alpha value is -2.35. The van der Waals surface area contributed by atoms with Crippen LogP contribution >= 0.6 is 0 Å². The van der Waals surface area contributed by atoms with Crippen molar-refractivity contribution in [3.8, 4) is 16.9 Å². The number of benzene rings is 1. The average molecular weight is 326 g/mol. The third kappa shape index (κ3) is 3.14. The Morgan fingerprint density at radius 3 is 2.62 bits per heavy atom. The zero-order chi connectivity index (χ0) is 17.3. The van der Waals surface area contributed by atoms with E-state index in [1.165, 1.54) is 7.11 Å². The van der Waals surface area contributed by atoms with Crippen LogP contribution in [0.15, 0.2) is 36.7 Å². The van der Waals surface area contributed by atoms with Gasteiger partial charge >= 0.3 is 7.12 Å². The molecule has 0 amide bonds. The zero-order valence-electron chi connectivity index (χ0n) is 13.9. The second-order valence-electron chi connectivity index (χ2n) is 5.70. The van der Waals surface area contributed by atoms with Crippen molar-refractivity contribution in [3.63, 3.8) is 0 Å². The van der Waals surface area contributed by atoms with Crippen molar-refractivity contribution in [2.45, 2.75) is 13.8 Å². The summed E-state index contributed by atoms with van der Waals surface area (Å²) in [4.78, 5) is 4.50. The maximum atomic E-state index is 9.48. The second-order valence-corrected chi connectivity index (χ2v) is 5.70. The van der Waals surface area contributed by atoms with E-state index in [2.05, 4.69) is 4.98 Å². The Kier molecular flexibility index (Phi) is 4.57. The van der Waals surface area contributed by atoms with Crippen LogP contribution in [0.4, 0.5) is 0 Å². The summed E-state index contributed by atoms with van der Waals surface area (Å²) < 4.78 is 12.4. The van der Waals surface area contributed by atoms with Gasteiger partial charge in [-0.15, -0.1) is 0 Å². The third-order valence-electron chi connectivity index (χ3n) is 3.81. The molecule has 2 aromatic heterocycles. The standard InChI is InChI=1S/C17H19BN2O4/c1-11-6-14(9-20-8-12(2)19-17(11)20)13-4-5-15(18(21)22)16(7-13)24-10-23-3/h4-9,21-22H,10H2,1-3H3. The van der Waals surface area contributed by atoms with E-state index >= 15 is 0 Å². The molecule has 0 saturated carbocycles. The molecule has 0 aliphatic heterocycles. The molecule has 1 aromatic carbocycles. The molecule has 0 spiro atoms. The maximum Gasteiger partial charge on any atom is 0.492 e. The molecule has 0 atom stereocenters. The van der Waals surface area contributed by atoms with Crippen LogP contribution in [-0.4, -0.2) is 40.5 Å². The molecule has 124 valence electrons. The first-order valence-corrected chi connectivity index (χ1v) is 7.57. The number of aryl methyl sites for hydroxylation is 2. The summed E-state index contributed by atoms with van der Waals surface area (Å²) in [6, 6.07) is 7.30. The Morgan fingerprint density at radius 1 is 1.12 bits per heavy atom. The fraction of sp³-hybridized carbons (Fsp3) is 0.235. The van der Waals surface area contributed by atoms with Crippen LogP contribution in [-0.2, 0) is 4.74 Å². The minimum Gasteiger partial charge on any atom is -0.468 e. The van der Waals surface area contributed by atoms with Gasteiger partial charge in [-0.25, -0.2) is 4.98 Å². The average Bonchev–Trinajstić information content (AvgIpc) is 2.93. The summed E-state index contributed by atoms with van der Waals surface area (Å²) in [5.41, 5.74) is 5.13. The van der Waals surface area contributed by atoms with Crippen molar-refractivity contribution in [1.82, 2.24) is 9.38 Å². The molecule has 0 unspecified atom stereocenters. The van der Waals surface area contributed by atoms with E-state index in [9.17, 15) is 10.0 Å². The van der Waals surface area contributed by atoms with Crippen LogP contribution in [0.2, 0.25) is 0 Å². The number of nitrogens with zero attached hydrogens (tertiary/aromatic N) is 2. The highest BCUT2D eigenvalue weighted by Crippen LogP contribution is 2.25. The number of pyridine rings is 1. The van der Waals surface area contributed by atoms with Gasteiger partial charge in [0.15, 0.2) is 6.79 Å². The summed E-state index contributed by atoms with van der Waals surface area (Å²) in [6.45, 7) is 4.00. The van der Waals surface area contributed by atoms with E-state index in [1.807, 2.05) is 42.8 Å². The second kappa shape index (κ2) is 6.64. The van der Waals surface area contributed by atoms with Gasteiger partial charge in [-0.2, -0.15) is 0 Å². The molecule has 0 fully saturated rings. The highest BCUT2D eigenvalue weighted by atomic mass is 16.7. The van der Waals surface area contributed by atoms with Gasteiger partial charge in [-0.05, 0) is 42.7 Å². The van der Waals surface area contributed by atoms with Gasteiger partial charge in [0.25, 0.3) is 0 Å². The fourth-order valence-electron chi connectivity index (χ4n) is 2.72. The Morgan fingerprint density at radius 2 is 1.92 bits per heavy atom. The first-order chi connectivity index (χ1) is 11.5. The van der Waals surface area contributed by atoms with Crippen molar-refractivity contribution in [3.05, 3.63) is 47.9 Å². The lowest BCUT2D eigenvalue weighted by molar-refractivity contribution is 0.0517. The molecule has 2 N–H and O–H groups in total. The lowest BCUT2D eigenvalue weighted by atomic mass is 9.79. The first-order valence-electron chi connectivity index (χ1n) is 7.57. The highest BCUT2D eigenvalue weighted by Gasteiger charge is 2.18. The van der Waals surface area contributed by atoms with Crippen LogP contribution in [0.25, 0.3) is 16.8 Å². The molecule has 0 radical (unpaired) electrons. The van der Waals surface area contributed by atoms with Crippen LogP contribution in [0.5, 0.6) is 5.75 Å². The molecular formula is C17H19BN2O4. The summed E-state index contributed by atoms with van der Waals surface area (Å²) in [5.74, 6) is 0.379. The van der Waals surface area contributed by atoms with Gasteiger partial charge in [-0.3, -0.25) is 0 Å². The lowest BCUT2D eigenvalue weighted by Gasteiger charge is -2.13. The van der Waals surface area contributed by atoms with Crippen LogP contribution < -0.4 is 10.2 Å². The van der Waals surface area contributed by atoms with Crippen molar-refractivity contribution in [1.29, 1.82) is 0 Å². The molecule has 3 rings (SSSR count). The smallest absolute Gasteiger partial charge is 0.468 e. The Bertz CT molecular complexity index is 876. The summed E-state index contributed by atoms with van der Waals surface area (Å²) in [6.07, 6.45) is 3.97. The number of imidazole rings is 1. The lowest BCUT2D eigenvalue weighted by Crippen LogP contribution is -2.31. The van der Waals surface area contributed by atoms with Gasteiger partial charge in [0, 0.05) is 25.0 Å². The van der Waals surface area contributed by atoms with E-state index < -0.39 is 7.12 Å². The molecule has 0 aliphatic carbocycles. The quantitative estimate of drug-likeness (QED) is 0.546. The van der Waals surface area contributed by atoms with Crippen LogP contribution in [0, 0.1) is 13.8 Å². The summed E-state index contributed by atoms with van der Waals surface area (Å²) in [7, 11) is -0.0937. The zero-order valence-corrected chi connectivity index (χ0v) is 13.9. The molecule has 7 heteroatoms. The number of ether oxygens (including phenoxy) is 2. The minimum absolute atomic E-state index is 0.0297. The highest BCUT2D eigenvalue weighted by molar-refractivity contribution is 6.59. The van der Waals surface area contributed by atoms with Crippen LogP contribution in [0.1, 0.15) is 11.3 Å². The number of methoxy groups -OCH3 is 1. The monoisotopic (exact) mass is 326 g/mol. The fourth-order valence-corrected chi connectivity index (χ4v) is 2.72. The van der Waals surface area contributed by atoms with Gasteiger partial charge < -0.3 is 23.9 Å². The maximum absolute atomic E-state index is 9.48. The molecule has 0 saturated heterocycles. The van der Waals surface area contributed by atoms with Crippen molar-refractivity contribution >= 4 is 18.2 Å². The predicted molar refractivity (Wildman–Crippen MR) is 92.4 cm³/mol. The molecule has 0 bridgehead atoms. The number of rotatable bonds is 5. The van der Waals surface area contributed by atoms with Crippen LogP contribution in [0.3, 0.4) is 0 Å². The van der Waals surface area contributed by atoms with Gasteiger partial charge in [0.2, 0.25) is 0 Å². The van der Waals surface area contributed by atoms with Crippen molar-refractivity contribution in [2.75, 3.05) is 13.9 Å². The number of hydrogen-bond acceptors (Lipinski definition) is 5. The molecule has 6 nitrogen and oxygen atoms in total. The molecule has 2 heterocycles. The van der Waals surface area contributed by atoms with E-state index in [1.54, 1.807) is 12.1 Å². The van der Waals surface area contributed by atoms with E-state index in [0.717, 1.165) is 28.0 Å². The Labute approximate surface area is 140 Å². The topological polar surface area (TPSA) is 76.2 Å². The van der Waals surface area contributed by atoms with Gasteiger partial charge in [-0.1, -0.05) is 12.1 Å². The SMILES string of the molecule is COCOc1cc(-c2cc(C)c3nc(C)cn3c2)ccc1B(O)O. The normalized spacial score (nSPS) is 11.0. The summed E-state index contributed by atoms with van der Waals surface area (Å²) >= 11 is 0. The molecule has 3 aromatic rings. The van der Waals surface area contributed by atoms with Crippen molar-refractivity contribution < 1.29 is 19.5 Å². The predicted octanol–water partition coefficient (Wildman–Crippen LogP) is 1.28. The van der Waals surface area contributed by atoms with E-state index in [0.29, 0.717) is 11.2 Å². The number of aromatic nitrogens is 2.